The van der Waals surface area contributed by atoms with E-state index in [-0.39, 0.29) is 17.0 Å². The summed E-state index contributed by atoms with van der Waals surface area (Å²) in [4.78, 5) is 24.8. The van der Waals surface area contributed by atoms with Crippen LogP contribution in [0.3, 0.4) is 0 Å². The molecule has 0 spiro atoms. The number of carboxylic acid groups (broad SMARTS) is 1. The van der Waals surface area contributed by atoms with Crippen molar-refractivity contribution in [1.82, 2.24) is 10.2 Å². The Kier molecular flexibility index (Phi) is 5.72. The van der Waals surface area contributed by atoms with E-state index in [1.807, 2.05) is 14.1 Å². The standard InChI is InChI=1S/C15H23N3O3/c1-15(2,10-18(3)4)9-16-14(21)17-12-7-5-6-11(8-12)13(19)20/h5-8H,9-10H2,1-4H3,(H,19,20)(H2,16,17,21). The van der Waals surface area contributed by atoms with Crippen molar-refractivity contribution in [2.75, 3.05) is 32.5 Å². The van der Waals surface area contributed by atoms with Gasteiger partial charge in [0, 0.05) is 18.8 Å². The molecule has 0 fully saturated rings. The number of urea groups is 1. The van der Waals surface area contributed by atoms with Gasteiger partial charge in [0.05, 0.1) is 5.56 Å². The van der Waals surface area contributed by atoms with Crippen LogP contribution in [0.2, 0.25) is 0 Å². The van der Waals surface area contributed by atoms with Crippen molar-refractivity contribution >= 4 is 17.7 Å². The SMILES string of the molecule is CN(C)CC(C)(C)CNC(=O)Nc1cccc(C(=O)O)c1. The summed E-state index contributed by atoms with van der Waals surface area (Å²) in [6.07, 6.45) is 0. The lowest BCUT2D eigenvalue weighted by molar-refractivity contribution is 0.0697. The van der Waals surface area contributed by atoms with Gasteiger partial charge in [0.2, 0.25) is 0 Å². The minimum atomic E-state index is -1.02. The largest absolute Gasteiger partial charge is 0.478 e. The number of nitrogens with one attached hydrogen (secondary N) is 2. The Bertz CT molecular complexity index is 513. The maximum Gasteiger partial charge on any atom is 0.335 e. The van der Waals surface area contributed by atoms with Crippen LogP contribution in [-0.2, 0) is 0 Å². The molecule has 0 aliphatic carbocycles. The molecule has 2 amide bonds. The maximum atomic E-state index is 11.8. The molecule has 0 bridgehead atoms. The lowest BCUT2D eigenvalue weighted by Gasteiger charge is -2.28. The van der Waals surface area contributed by atoms with Gasteiger partial charge >= 0.3 is 12.0 Å². The summed E-state index contributed by atoms with van der Waals surface area (Å²) in [5.74, 6) is -1.02. The third-order valence-electron chi connectivity index (χ3n) is 2.84. The highest BCUT2D eigenvalue weighted by Gasteiger charge is 2.19. The van der Waals surface area contributed by atoms with Crippen LogP contribution < -0.4 is 10.6 Å². The molecule has 0 saturated heterocycles. The lowest BCUT2D eigenvalue weighted by atomic mass is 9.93. The normalized spacial score (nSPS) is 11.3. The number of carboxylic acids is 1. The van der Waals surface area contributed by atoms with Gasteiger partial charge < -0.3 is 20.6 Å². The van der Waals surface area contributed by atoms with Gasteiger partial charge in [0.1, 0.15) is 0 Å². The Morgan fingerprint density at radius 3 is 2.52 bits per heavy atom. The highest BCUT2D eigenvalue weighted by Crippen LogP contribution is 2.14. The van der Waals surface area contributed by atoms with Crippen molar-refractivity contribution in [2.45, 2.75) is 13.8 Å². The summed E-state index contributed by atoms with van der Waals surface area (Å²) >= 11 is 0. The van der Waals surface area contributed by atoms with E-state index in [1.165, 1.54) is 12.1 Å². The zero-order valence-corrected chi connectivity index (χ0v) is 12.9. The predicted octanol–water partition coefficient (Wildman–Crippen LogP) is 2.09. The molecular formula is C15H23N3O3. The molecule has 0 heterocycles. The van der Waals surface area contributed by atoms with Crippen molar-refractivity contribution < 1.29 is 14.7 Å². The van der Waals surface area contributed by atoms with Crippen LogP contribution in [-0.4, -0.2) is 49.2 Å². The number of rotatable bonds is 6. The number of aromatic carboxylic acids is 1. The van der Waals surface area contributed by atoms with E-state index in [0.717, 1.165) is 6.54 Å². The quantitative estimate of drug-likeness (QED) is 0.750. The Balaban J connectivity index is 2.54. The first-order chi connectivity index (χ1) is 9.69. The van der Waals surface area contributed by atoms with Crippen molar-refractivity contribution in [1.29, 1.82) is 0 Å². The molecule has 0 radical (unpaired) electrons. The molecule has 1 rings (SSSR count). The van der Waals surface area contributed by atoms with Crippen LogP contribution >= 0.6 is 0 Å². The van der Waals surface area contributed by atoms with E-state index in [9.17, 15) is 9.59 Å². The topological polar surface area (TPSA) is 81.7 Å². The molecule has 1 aromatic carbocycles. The monoisotopic (exact) mass is 293 g/mol. The molecule has 116 valence electrons. The Morgan fingerprint density at radius 2 is 1.95 bits per heavy atom. The van der Waals surface area contributed by atoms with Crippen LogP contribution in [0.1, 0.15) is 24.2 Å². The minimum absolute atomic E-state index is 0.0518. The van der Waals surface area contributed by atoms with E-state index >= 15 is 0 Å². The summed E-state index contributed by atoms with van der Waals surface area (Å²) in [6, 6.07) is 5.80. The van der Waals surface area contributed by atoms with Crippen molar-refractivity contribution in [3.63, 3.8) is 0 Å². The lowest BCUT2D eigenvalue weighted by Crippen LogP contribution is -2.41. The number of hydrogen-bond acceptors (Lipinski definition) is 3. The first-order valence-corrected chi connectivity index (χ1v) is 6.72. The second-order valence-electron chi connectivity index (χ2n) is 6.10. The second-order valence-corrected chi connectivity index (χ2v) is 6.10. The summed E-state index contributed by atoms with van der Waals surface area (Å²) in [7, 11) is 3.97. The minimum Gasteiger partial charge on any atom is -0.478 e. The molecule has 6 heteroatoms. The molecule has 0 atom stereocenters. The van der Waals surface area contributed by atoms with Crippen LogP contribution in [0, 0.1) is 5.41 Å². The van der Waals surface area contributed by atoms with E-state index in [2.05, 4.69) is 29.4 Å². The predicted molar refractivity (Wildman–Crippen MR) is 82.8 cm³/mol. The van der Waals surface area contributed by atoms with Gasteiger partial charge in [-0.2, -0.15) is 0 Å². The molecule has 0 unspecified atom stereocenters. The number of hydrogen-bond donors (Lipinski definition) is 3. The number of anilines is 1. The average Bonchev–Trinajstić information content (AvgIpc) is 2.35. The van der Waals surface area contributed by atoms with Gasteiger partial charge in [0.25, 0.3) is 0 Å². The molecule has 21 heavy (non-hydrogen) atoms. The Hall–Kier alpha value is -2.08. The fraction of sp³-hybridized carbons (Fsp3) is 0.467. The van der Waals surface area contributed by atoms with Crippen molar-refractivity contribution in [3.05, 3.63) is 29.8 Å². The average molecular weight is 293 g/mol. The zero-order chi connectivity index (χ0) is 16.0. The zero-order valence-electron chi connectivity index (χ0n) is 12.9. The summed E-state index contributed by atoms with van der Waals surface area (Å²) < 4.78 is 0. The van der Waals surface area contributed by atoms with E-state index in [4.69, 9.17) is 5.11 Å². The molecule has 0 aliphatic rings. The highest BCUT2D eigenvalue weighted by atomic mass is 16.4. The number of benzene rings is 1. The van der Waals surface area contributed by atoms with Gasteiger partial charge in [-0.05, 0) is 37.7 Å². The van der Waals surface area contributed by atoms with Crippen molar-refractivity contribution in [3.8, 4) is 0 Å². The number of amides is 2. The second kappa shape index (κ2) is 7.08. The molecular weight excluding hydrogens is 270 g/mol. The van der Waals surface area contributed by atoms with Crippen LogP contribution in [0.15, 0.2) is 24.3 Å². The molecule has 3 N–H and O–H groups in total. The van der Waals surface area contributed by atoms with Crippen molar-refractivity contribution in [2.24, 2.45) is 5.41 Å². The van der Waals surface area contributed by atoms with Gasteiger partial charge in [-0.1, -0.05) is 19.9 Å². The third kappa shape index (κ3) is 6.27. The number of nitrogens with zero attached hydrogens (tertiary/aromatic N) is 1. The fourth-order valence-corrected chi connectivity index (χ4v) is 2.14. The van der Waals surface area contributed by atoms with E-state index in [1.54, 1.807) is 12.1 Å². The van der Waals surface area contributed by atoms with E-state index in [0.29, 0.717) is 12.2 Å². The van der Waals surface area contributed by atoms with Crippen LogP contribution in [0.5, 0.6) is 0 Å². The number of carbonyl (C=O) groups is 2. The fourth-order valence-electron chi connectivity index (χ4n) is 2.14. The smallest absolute Gasteiger partial charge is 0.335 e. The first-order valence-electron chi connectivity index (χ1n) is 6.72. The highest BCUT2D eigenvalue weighted by molar-refractivity contribution is 5.93. The van der Waals surface area contributed by atoms with Gasteiger partial charge in [0.15, 0.2) is 0 Å². The molecule has 1 aromatic rings. The van der Waals surface area contributed by atoms with Crippen LogP contribution in [0.25, 0.3) is 0 Å². The van der Waals surface area contributed by atoms with Gasteiger partial charge in [-0.15, -0.1) is 0 Å². The number of carbonyl (C=O) groups excluding carboxylic acids is 1. The third-order valence-corrected chi connectivity index (χ3v) is 2.84. The van der Waals surface area contributed by atoms with Gasteiger partial charge in [-0.3, -0.25) is 0 Å². The first kappa shape index (κ1) is 17.0. The van der Waals surface area contributed by atoms with Gasteiger partial charge in [-0.25, -0.2) is 9.59 Å². The Morgan fingerprint density at radius 1 is 1.29 bits per heavy atom. The Labute approximate surface area is 125 Å². The molecule has 0 aromatic heterocycles. The molecule has 0 saturated carbocycles. The van der Waals surface area contributed by atoms with Crippen LogP contribution in [0.4, 0.5) is 10.5 Å². The van der Waals surface area contributed by atoms with E-state index < -0.39 is 5.97 Å². The molecule has 6 nitrogen and oxygen atoms in total. The summed E-state index contributed by atoms with van der Waals surface area (Å²) in [5.41, 5.74) is 0.544. The maximum absolute atomic E-state index is 11.8. The molecule has 0 aliphatic heterocycles. The summed E-state index contributed by atoms with van der Waals surface area (Å²) in [5, 5.41) is 14.3. The summed E-state index contributed by atoms with van der Waals surface area (Å²) in [6.45, 7) is 5.51.